The molecule has 118 valence electrons. The molecule has 0 aliphatic carbocycles. The van der Waals surface area contributed by atoms with Crippen molar-refractivity contribution < 1.29 is 0 Å². The highest BCUT2D eigenvalue weighted by Gasteiger charge is 2.15. The molecule has 0 saturated heterocycles. The molecule has 6 heteroatoms. The molecule has 0 unspecified atom stereocenters. The zero-order valence-corrected chi connectivity index (χ0v) is 13.6. The molecule has 0 atom stereocenters. The summed E-state index contributed by atoms with van der Waals surface area (Å²) in [7, 11) is 0. The van der Waals surface area contributed by atoms with Crippen molar-refractivity contribution in [3.8, 4) is 11.3 Å². The highest BCUT2D eigenvalue weighted by molar-refractivity contribution is 5.85. The molecule has 1 aromatic carbocycles. The maximum absolute atomic E-state index is 5.82. The van der Waals surface area contributed by atoms with E-state index in [0.717, 1.165) is 30.2 Å². The van der Waals surface area contributed by atoms with Crippen LogP contribution in [0.25, 0.3) is 22.4 Å². The Balaban J connectivity index is 2.19. The van der Waals surface area contributed by atoms with E-state index in [4.69, 9.17) is 10.7 Å². The first kappa shape index (κ1) is 15.1. The number of benzene rings is 1. The zero-order chi connectivity index (χ0) is 16.4. The Bertz CT molecular complexity index is 824. The molecule has 0 radical (unpaired) electrons. The smallest absolute Gasteiger partial charge is 0.224 e. The van der Waals surface area contributed by atoms with Crippen LogP contribution in [-0.2, 0) is 0 Å². The topological polar surface area (TPSA) is 80.8 Å². The van der Waals surface area contributed by atoms with Crippen LogP contribution < -0.4 is 10.6 Å². The predicted octanol–water partition coefficient (Wildman–Crippen LogP) is 2.82. The number of fused-ring (bicyclic) bond motifs is 1. The third-order valence-corrected chi connectivity index (χ3v) is 3.82. The Kier molecular flexibility index (Phi) is 4.06. The van der Waals surface area contributed by atoms with Gasteiger partial charge in [0.05, 0.1) is 11.9 Å². The van der Waals surface area contributed by atoms with Gasteiger partial charge in [0.2, 0.25) is 5.95 Å². The van der Waals surface area contributed by atoms with Crippen LogP contribution in [0.15, 0.2) is 30.5 Å². The van der Waals surface area contributed by atoms with Crippen LogP contribution in [0.4, 0.5) is 11.8 Å². The Morgan fingerprint density at radius 1 is 1.00 bits per heavy atom. The molecule has 3 rings (SSSR count). The molecule has 0 amide bonds. The van der Waals surface area contributed by atoms with Crippen molar-refractivity contribution in [2.24, 2.45) is 0 Å². The monoisotopic (exact) mass is 308 g/mol. The SMILES string of the molecule is CCN(CC)c1nc(N)nc2ncc(-c3ccc(C)cc3)nc12. The van der Waals surface area contributed by atoms with Gasteiger partial charge < -0.3 is 10.6 Å². The van der Waals surface area contributed by atoms with Gasteiger partial charge in [-0.05, 0) is 20.8 Å². The van der Waals surface area contributed by atoms with Crippen molar-refractivity contribution in [2.75, 3.05) is 23.7 Å². The maximum atomic E-state index is 5.82. The van der Waals surface area contributed by atoms with Crippen LogP contribution in [0.5, 0.6) is 0 Å². The summed E-state index contributed by atoms with van der Waals surface area (Å²) < 4.78 is 0. The summed E-state index contributed by atoms with van der Waals surface area (Å²) in [6, 6.07) is 8.21. The second-order valence-electron chi connectivity index (χ2n) is 5.37. The van der Waals surface area contributed by atoms with Gasteiger partial charge in [0.25, 0.3) is 0 Å². The lowest BCUT2D eigenvalue weighted by molar-refractivity contribution is 0.847. The van der Waals surface area contributed by atoms with Crippen molar-refractivity contribution in [3.05, 3.63) is 36.0 Å². The lowest BCUT2D eigenvalue weighted by Crippen LogP contribution is -2.24. The van der Waals surface area contributed by atoms with Gasteiger partial charge in [0, 0.05) is 18.7 Å². The lowest BCUT2D eigenvalue weighted by atomic mass is 10.1. The first-order valence-electron chi connectivity index (χ1n) is 7.74. The van der Waals surface area contributed by atoms with Crippen molar-refractivity contribution >= 4 is 22.9 Å². The van der Waals surface area contributed by atoms with Gasteiger partial charge >= 0.3 is 0 Å². The van der Waals surface area contributed by atoms with Crippen LogP contribution in [0.2, 0.25) is 0 Å². The number of nitrogens with zero attached hydrogens (tertiary/aromatic N) is 5. The van der Waals surface area contributed by atoms with E-state index in [9.17, 15) is 0 Å². The minimum atomic E-state index is 0.219. The van der Waals surface area contributed by atoms with E-state index < -0.39 is 0 Å². The molecule has 3 aromatic rings. The molecular weight excluding hydrogens is 288 g/mol. The molecule has 0 saturated carbocycles. The van der Waals surface area contributed by atoms with Gasteiger partial charge in [-0.3, -0.25) is 0 Å². The summed E-state index contributed by atoms with van der Waals surface area (Å²) in [5, 5.41) is 0. The number of nitrogens with two attached hydrogens (primary N) is 1. The largest absolute Gasteiger partial charge is 0.368 e. The van der Waals surface area contributed by atoms with Gasteiger partial charge in [-0.1, -0.05) is 29.8 Å². The van der Waals surface area contributed by atoms with Gasteiger partial charge in [-0.25, -0.2) is 9.97 Å². The van der Waals surface area contributed by atoms with Crippen LogP contribution in [0, 0.1) is 6.92 Å². The van der Waals surface area contributed by atoms with E-state index in [1.807, 2.05) is 12.1 Å². The molecule has 0 fully saturated rings. The van der Waals surface area contributed by atoms with E-state index in [-0.39, 0.29) is 5.95 Å². The first-order valence-corrected chi connectivity index (χ1v) is 7.74. The summed E-state index contributed by atoms with van der Waals surface area (Å²) in [6.07, 6.45) is 1.73. The van der Waals surface area contributed by atoms with E-state index in [1.165, 1.54) is 5.56 Å². The van der Waals surface area contributed by atoms with Crippen LogP contribution in [0.3, 0.4) is 0 Å². The van der Waals surface area contributed by atoms with E-state index in [1.54, 1.807) is 6.20 Å². The number of nitrogen functional groups attached to an aromatic ring is 1. The lowest BCUT2D eigenvalue weighted by Gasteiger charge is -2.20. The van der Waals surface area contributed by atoms with Crippen molar-refractivity contribution in [1.29, 1.82) is 0 Å². The van der Waals surface area contributed by atoms with Gasteiger partial charge in [0.15, 0.2) is 17.0 Å². The van der Waals surface area contributed by atoms with Gasteiger partial charge in [-0.15, -0.1) is 0 Å². The summed E-state index contributed by atoms with van der Waals surface area (Å²) >= 11 is 0. The van der Waals surface area contributed by atoms with E-state index >= 15 is 0 Å². The minimum Gasteiger partial charge on any atom is -0.368 e. The molecule has 0 spiro atoms. The fourth-order valence-corrected chi connectivity index (χ4v) is 2.52. The third kappa shape index (κ3) is 2.92. The summed E-state index contributed by atoms with van der Waals surface area (Å²) in [6.45, 7) is 7.84. The zero-order valence-electron chi connectivity index (χ0n) is 13.6. The summed E-state index contributed by atoms with van der Waals surface area (Å²) in [4.78, 5) is 19.9. The summed E-state index contributed by atoms with van der Waals surface area (Å²) in [5.74, 6) is 0.954. The molecule has 2 aromatic heterocycles. The second kappa shape index (κ2) is 6.16. The van der Waals surface area contributed by atoms with Gasteiger partial charge in [0.1, 0.15) is 0 Å². The second-order valence-corrected chi connectivity index (χ2v) is 5.37. The van der Waals surface area contributed by atoms with Crippen LogP contribution in [0.1, 0.15) is 19.4 Å². The normalized spacial score (nSPS) is 10.9. The fourth-order valence-electron chi connectivity index (χ4n) is 2.52. The number of aryl methyl sites for hydroxylation is 1. The quantitative estimate of drug-likeness (QED) is 0.798. The van der Waals surface area contributed by atoms with E-state index in [0.29, 0.717) is 11.2 Å². The van der Waals surface area contributed by atoms with Crippen molar-refractivity contribution in [2.45, 2.75) is 20.8 Å². The number of hydrogen-bond donors (Lipinski definition) is 1. The predicted molar refractivity (Wildman–Crippen MR) is 93.3 cm³/mol. The molecule has 0 bridgehead atoms. The minimum absolute atomic E-state index is 0.219. The molecule has 2 heterocycles. The highest BCUT2D eigenvalue weighted by Crippen LogP contribution is 2.25. The number of rotatable bonds is 4. The Morgan fingerprint density at radius 3 is 2.35 bits per heavy atom. The first-order chi connectivity index (χ1) is 11.1. The molecule has 0 aliphatic rings. The number of anilines is 2. The third-order valence-electron chi connectivity index (χ3n) is 3.82. The molecule has 23 heavy (non-hydrogen) atoms. The van der Waals surface area contributed by atoms with E-state index in [2.05, 4.69) is 52.8 Å². The van der Waals surface area contributed by atoms with Crippen molar-refractivity contribution in [1.82, 2.24) is 19.9 Å². The number of hydrogen-bond acceptors (Lipinski definition) is 6. The average Bonchev–Trinajstić information content (AvgIpc) is 2.56. The standard InChI is InChI=1S/C17H20N6/c1-4-23(5-2)16-14-15(21-17(18)22-16)19-10-13(20-14)12-8-6-11(3)7-9-12/h6-10H,4-5H2,1-3H3,(H2,18,19,21,22). The van der Waals surface area contributed by atoms with Crippen LogP contribution in [-0.4, -0.2) is 33.0 Å². The van der Waals surface area contributed by atoms with Crippen molar-refractivity contribution in [3.63, 3.8) is 0 Å². The Hall–Kier alpha value is -2.76. The maximum Gasteiger partial charge on any atom is 0.224 e. The molecule has 2 N–H and O–H groups in total. The van der Waals surface area contributed by atoms with Gasteiger partial charge in [-0.2, -0.15) is 9.97 Å². The molecule has 0 aliphatic heterocycles. The highest BCUT2D eigenvalue weighted by atomic mass is 15.2. The summed E-state index contributed by atoms with van der Waals surface area (Å²) in [5.41, 5.74) is 10.1. The number of aromatic nitrogens is 4. The van der Waals surface area contributed by atoms with Crippen LogP contribution >= 0.6 is 0 Å². The Labute approximate surface area is 135 Å². The molecule has 6 nitrogen and oxygen atoms in total. The molecular formula is C17H20N6. The fraction of sp³-hybridized carbons (Fsp3) is 0.294. The Morgan fingerprint density at radius 2 is 1.70 bits per heavy atom. The average molecular weight is 308 g/mol.